The molecule has 1 heterocycles. The van der Waals surface area contributed by atoms with Crippen LogP contribution in [0.25, 0.3) is 11.3 Å². The second-order valence-corrected chi connectivity index (χ2v) is 11.2. The van der Waals surface area contributed by atoms with Gasteiger partial charge in [-0.15, -0.1) is 23.1 Å². The van der Waals surface area contributed by atoms with Crippen molar-refractivity contribution in [2.24, 2.45) is 0 Å². The van der Waals surface area contributed by atoms with Gasteiger partial charge in [-0.25, -0.2) is 4.98 Å². The number of thiazole rings is 1. The molecule has 4 aromatic rings. The summed E-state index contributed by atoms with van der Waals surface area (Å²) in [5, 5.41) is 10.3. The standard InChI is InChI=1S/C28H28N4OS3/c1-4-24(26(33)32-28-31-25(19(3)35-28)20-9-6-5-7-10-20)36-23-12-8-11-22(17-23)30-27(34)29-21-15-13-18(2)14-16-21/h5-17,24H,4H2,1-3H3,(H2,29,30,34)(H,31,32,33). The zero-order valence-electron chi connectivity index (χ0n) is 20.4. The molecule has 0 aliphatic carbocycles. The van der Waals surface area contributed by atoms with Crippen LogP contribution in [0.4, 0.5) is 16.5 Å². The molecule has 184 valence electrons. The number of thioether (sulfide) groups is 1. The summed E-state index contributed by atoms with van der Waals surface area (Å²) < 4.78 is 0. The predicted molar refractivity (Wildman–Crippen MR) is 158 cm³/mol. The number of anilines is 3. The molecule has 3 N–H and O–H groups in total. The Morgan fingerprint density at radius 2 is 1.67 bits per heavy atom. The quantitative estimate of drug-likeness (QED) is 0.159. The smallest absolute Gasteiger partial charge is 0.239 e. The van der Waals surface area contributed by atoms with Crippen molar-refractivity contribution in [1.29, 1.82) is 0 Å². The van der Waals surface area contributed by atoms with E-state index in [2.05, 4.69) is 20.9 Å². The highest BCUT2D eigenvalue weighted by Crippen LogP contribution is 2.32. The summed E-state index contributed by atoms with van der Waals surface area (Å²) in [6.45, 7) is 6.09. The number of hydrogen-bond acceptors (Lipinski definition) is 5. The van der Waals surface area contributed by atoms with E-state index in [4.69, 9.17) is 12.2 Å². The lowest BCUT2D eigenvalue weighted by Crippen LogP contribution is -2.24. The molecule has 0 spiro atoms. The van der Waals surface area contributed by atoms with Crippen LogP contribution in [0.1, 0.15) is 23.8 Å². The van der Waals surface area contributed by atoms with Crippen LogP contribution in [0, 0.1) is 13.8 Å². The van der Waals surface area contributed by atoms with E-state index < -0.39 is 0 Å². The van der Waals surface area contributed by atoms with Crippen LogP contribution in [0.2, 0.25) is 0 Å². The van der Waals surface area contributed by atoms with Gasteiger partial charge in [-0.1, -0.05) is 61.0 Å². The summed E-state index contributed by atoms with van der Waals surface area (Å²) in [6.07, 6.45) is 0.692. The minimum absolute atomic E-state index is 0.0502. The molecule has 0 fully saturated rings. The number of amides is 1. The van der Waals surface area contributed by atoms with Crippen LogP contribution >= 0.6 is 35.3 Å². The number of carbonyl (C=O) groups excluding carboxylic acids is 1. The molecule has 36 heavy (non-hydrogen) atoms. The Morgan fingerprint density at radius 3 is 2.39 bits per heavy atom. The second kappa shape index (κ2) is 12.2. The highest BCUT2D eigenvalue weighted by molar-refractivity contribution is 8.00. The number of thiocarbonyl (C=S) groups is 1. The summed E-state index contributed by atoms with van der Waals surface area (Å²) in [6, 6.07) is 26.0. The minimum atomic E-state index is -0.248. The van der Waals surface area contributed by atoms with Crippen LogP contribution in [0.15, 0.2) is 83.8 Å². The third-order valence-electron chi connectivity index (χ3n) is 5.42. The maximum absolute atomic E-state index is 13.1. The highest BCUT2D eigenvalue weighted by Gasteiger charge is 2.20. The van der Waals surface area contributed by atoms with Crippen molar-refractivity contribution in [2.75, 3.05) is 16.0 Å². The van der Waals surface area contributed by atoms with Gasteiger partial charge in [0.15, 0.2) is 10.2 Å². The topological polar surface area (TPSA) is 66.0 Å². The lowest BCUT2D eigenvalue weighted by atomic mass is 10.1. The number of rotatable bonds is 8. The maximum Gasteiger partial charge on any atom is 0.239 e. The zero-order chi connectivity index (χ0) is 25.5. The minimum Gasteiger partial charge on any atom is -0.332 e. The maximum atomic E-state index is 13.1. The van der Waals surface area contributed by atoms with Crippen molar-refractivity contribution in [3.8, 4) is 11.3 Å². The van der Waals surface area contributed by atoms with Gasteiger partial charge in [0.05, 0.1) is 10.9 Å². The summed E-state index contributed by atoms with van der Waals surface area (Å²) in [5.41, 5.74) is 4.94. The summed E-state index contributed by atoms with van der Waals surface area (Å²) in [4.78, 5) is 19.8. The molecule has 5 nitrogen and oxygen atoms in total. The summed E-state index contributed by atoms with van der Waals surface area (Å²) in [5.74, 6) is -0.0502. The molecular formula is C28H28N4OS3. The molecule has 0 aliphatic heterocycles. The van der Waals surface area contributed by atoms with Crippen molar-refractivity contribution < 1.29 is 4.79 Å². The Labute approximate surface area is 225 Å². The number of nitrogens with zero attached hydrogens (tertiary/aromatic N) is 1. The Hall–Kier alpha value is -3.20. The summed E-state index contributed by atoms with van der Waals surface area (Å²) in [7, 11) is 0. The van der Waals surface area contributed by atoms with Gasteiger partial charge in [-0.05, 0) is 62.8 Å². The Morgan fingerprint density at radius 1 is 0.944 bits per heavy atom. The first-order chi connectivity index (χ1) is 17.4. The highest BCUT2D eigenvalue weighted by atomic mass is 32.2. The molecule has 3 aromatic carbocycles. The number of aromatic nitrogens is 1. The van der Waals surface area contributed by atoms with Crippen molar-refractivity contribution in [1.82, 2.24) is 4.98 Å². The van der Waals surface area contributed by atoms with E-state index in [0.717, 1.165) is 32.4 Å². The van der Waals surface area contributed by atoms with E-state index in [9.17, 15) is 4.79 Å². The fourth-order valence-corrected chi connectivity index (χ4v) is 5.65. The van der Waals surface area contributed by atoms with Gasteiger partial charge in [0.25, 0.3) is 0 Å². The molecular weight excluding hydrogens is 505 g/mol. The molecule has 0 saturated heterocycles. The van der Waals surface area contributed by atoms with E-state index in [1.165, 1.54) is 28.7 Å². The predicted octanol–water partition coefficient (Wildman–Crippen LogP) is 7.75. The third-order valence-corrected chi connectivity index (χ3v) is 7.87. The van der Waals surface area contributed by atoms with Crippen molar-refractivity contribution in [2.45, 2.75) is 37.3 Å². The molecule has 1 atom stereocenters. The number of aryl methyl sites for hydroxylation is 2. The van der Waals surface area contributed by atoms with Gasteiger partial charge in [0.2, 0.25) is 5.91 Å². The van der Waals surface area contributed by atoms with E-state index in [-0.39, 0.29) is 11.2 Å². The van der Waals surface area contributed by atoms with E-state index in [1.807, 2.05) is 99.6 Å². The SMILES string of the molecule is CCC(Sc1cccc(NC(=S)Nc2ccc(C)cc2)c1)C(=O)Nc1nc(-c2ccccc2)c(C)s1. The van der Waals surface area contributed by atoms with Crippen LogP contribution < -0.4 is 16.0 Å². The first-order valence-electron chi connectivity index (χ1n) is 11.7. The molecule has 4 rings (SSSR count). The average molecular weight is 533 g/mol. The van der Waals surface area contributed by atoms with E-state index in [0.29, 0.717) is 16.7 Å². The first-order valence-corrected chi connectivity index (χ1v) is 13.8. The van der Waals surface area contributed by atoms with Crippen LogP contribution in [-0.2, 0) is 4.79 Å². The number of hydrogen-bond donors (Lipinski definition) is 3. The molecule has 1 aromatic heterocycles. The first kappa shape index (κ1) is 25.9. The molecule has 1 unspecified atom stereocenters. The van der Waals surface area contributed by atoms with Crippen LogP contribution in [0.3, 0.4) is 0 Å². The van der Waals surface area contributed by atoms with Crippen LogP contribution in [-0.4, -0.2) is 21.3 Å². The third kappa shape index (κ3) is 6.94. The monoisotopic (exact) mass is 532 g/mol. The fourth-order valence-electron chi connectivity index (χ4n) is 3.56. The van der Waals surface area contributed by atoms with Gasteiger partial charge in [0, 0.05) is 26.7 Å². The summed E-state index contributed by atoms with van der Waals surface area (Å²) >= 11 is 8.50. The van der Waals surface area contributed by atoms with Gasteiger partial charge in [-0.3, -0.25) is 4.79 Å². The molecule has 8 heteroatoms. The largest absolute Gasteiger partial charge is 0.332 e. The van der Waals surface area contributed by atoms with Crippen LogP contribution in [0.5, 0.6) is 0 Å². The average Bonchev–Trinajstić information content (AvgIpc) is 3.24. The lowest BCUT2D eigenvalue weighted by Gasteiger charge is -2.15. The molecule has 0 aliphatic rings. The van der Waals surface area contributed by atoms with Crippen molar-refractivity contribution >= 4 is 62.8 Å². The molecule has 0 radical (unpaired) electrons. The number of carbonyl (C=O) groups is 1. The molecule has 1 amide bonds. The van der Waals surface area contributed by atoms with Gasteiger partial charge in [-0.2, -0.15) is 0 Å². The lowest BCUT2D eigenvalue weighted by molar-refractivity contribution is -0.115. The van der Waals surface area contributed by atoms with Gasteiger partial charge < -0.3 is 16.0 Å². The zero-order valence-corrected chi connectivity index (χ0v) is 22.8. The van der Waals surface area contributed by atoms with Crippen molar-refractivity contribution in [3.63, 3.8) is 0 Å². The molecule has 0 saturated carbocycles. The van der Waals surface area contributed by atoms with Crippen molar-refractivity contribution in [3.05, 3.63) is 89.3 Å². The van der Waals surface area contributed by atoms with E-state index >= 15 is 0 Å². The normalized spacial score (nSPS) is 11.5. The van der Waals surface area contributed by atoms with Gasteiger partial charge >= 0.3 is 0 Å². The second-order valence-electron chi connectivity index (χ2n) is 8.27. The van der Waals surface area contributed by atoms with Gasteiger partial charge in [0.1, 0.15) is 0 Å². The fraction of sp³-hybridized carbons (Fsp3) is 0.179. The van der Waals surface area contributed by atoms with E-state index in [1.54, 1.807) is 0 Å². The Kier molecular flexibility index (Phi) is 8.74. The number of benzene rings is 3. The molecule has 0 bridgehead atoms. The Bertz CT molecular complexity index is 1340. The number of nitrogens with one attached hydrogen (secondary N) is 3. The Balaban J connectivity index is 1.38.